The molecule has 0 aliphatic carbocycles. The number of amides is 4. The molecular weight excluding hydrogens is 432 g/mol. The third-order valence-electron chi connectivity index (χ3n) is 5.48. The van der Waals surface area contributed by atoms with Gasteiger partial charge in [0.25, 0.3) is 0 Å². The highest BCUT2D eigenvalue weighted by molar-refractivity contribution is 6.00. The van der Waals surface area contributed by atoms with Crippen LogP contribution in [0.4, 0.5) is 21.0 Å². The van der Waals surface area contributed by atoms with Gasteiger partial charge in [0.15, 0.2) is 0 Å². The molecule has 4 amide bonds. The molecule has 1 heterocycles. The van der Waals surface area contributed by atoms with E-state index in [4.69, 9.17) is 4.74 Å². The van der Waals surface area contributed by atoms with Crippen molar-refractivity contribution in [3.05, 3.63) is 70.9 Å². The minimum atomic E-state index is -0.701. The van der Waals surface area contributed by atoms with E-state index in [1.807, 2.05) is 38.1 Å². The lowest BCUT2D eigenvalue weighted by Crippen LogP contribution is -2.48. The Morgan fingerprint density at radius 3 is 2.50 bits per heavy atom. The van der Waals surface area contributed by atoms with Crippen LogP contribution in [0.2, 0.25) is 0 Å². The van der Waals surface area contributed by atoms with Gasteiger partial charge in [-0.2, -0.15) is 0 Å². The molecule has 0 saturated carbocycles. The van der Waals surface area contributed by atoms with Crippen molar-refractivity contribution in [2.75, 3.05) is 17.2 Å². The Labute approximate surface area is 200 Å². The summed E-state index contributed by atoms with van der Waals surface area (Å²) in [7, 11) is 0. The zero-order valence-electron chi connectivity index (χ0n) is 20.3. The van der Waals surface area contributed by atoms with Gasteiger partial charge in [-0.25, -0.2) is 14.4 Å². The van der Waals surface area contributed by atoms with Crippen LogP contribution >= 0.6 is 0 Å². The summed E-state index contributed by atoms with van der Waals surface area (Å²) >= 11 is 0. The lowest BCUT2D eigenvalue weighted by molar-refractivity contribution is -0.143. The number of nitrogens with zero attached hydrogens (tertiary/aromatic N) is 1. The van der Waals surface area contributed by atoms with Crippen molar-refractivity contribution < 1.29 is 19.1 Å². The Morgan fingerprint density at radius 1 is 1.09 bits per heavy atom. The van der Waals surface area contributed by atoms with Gasteiger partial charge in [0.2, 0.25) is 0 Å². The molecule has 0 fully saturated rings. The summed E-state index contributed by atoms with van der Waals surface area (Å²) in [5.41, 5.74) is 3.79. The molecule has 0 spiro atoms. The number of aryl methyl sites for hydroxylation is 1. The van der Waals surface area contributed by atoms with Gasteiger partial charge in [-0.15, -0.1) is 0 Å². The van der Waals surface area contributed by atoms with E-state index in [9.17, 15) is 14.4 Å². The summed E-state index contributed by atoms with van der Waals surface area (Å²) in [4.78, 5) is 39.9. The van der Waals surface area contributed by atoms with Gasteiger partial charge in [-0.1, -0.05) is 37.3 Å². The second-order valence-corrected chi connectivity index (χ2v) is 8.51. The maximum Gasteiger partial charge on any atom is 0.338 e. The second-order valence-electron chi connectivity index (χ2n) is 8.51. The van der Waals surface area contributed by atoms with Crippen LogP contribution in [0.25, 0.3) is 0 Å². The van der Waals surface area contributed by atoms with E-state index in [0.717, 1.165) is 12.0 Å². The Kier molecular flexibility index (Phi) is 7.94. The molecular formula is C26H32N4O4. The van der Waals surface area contributed by atoms with Crippen molar-refractivity contribution in [1.82, 2.24) is 10.2 Å². The predicted molar refractivity (Wildman–Crippen MR) is 132 cm³/mol. The number of benzene rings is 2. The number of urea groups is 2. The average molecular weight is 465 g/mol. The molecule has 8 nitrogen and oxygen atoms in total. The van der Waals surface area contributed by atoms with Crippen molar-refractivity contribution in [1.29, 1.82) is 0 Å². The summed E-state index contributed by atoms with van der Waals surface area (Å²) in [5, 5.41) is 8.58. The number of hydrogen-bond donors (Lipinski definition) is 3. The van der Waals surface area contributed by atoms with Gasteiger partial charge in [0.05, 0.1) is 17.7 Å². The molecule has 1 atom stereocenters. The van der Waals surface area contributed by atoms with Crippen LogP contribution in [-0.2, 0) is 9.53 Å². The molecule has 1 unspecified atom stereocenters. The predicted octanol–water partition coefficient (Wildman–Crippen LogP) is 5.34. The highest BCUT2D eigenvalue weighted by Gasteiger charge is 2.36. The van der Waals surface area contributed by atoms with E-state index >= 15 is 0 Å². The topological polar surface area (TPSA) is 99.8 Å². The monoisotopic (exact) mass is 464 g/mol. The minimum absolute atomic E-state index is 0.277. The fourth-order valence-electron chi connectivity index (χ4n) is 3.86. The number of rotatable bonds is 7. The highest BCUT2D eigenvalue weighted by Crippen LogP contribution is 2.32. The summed E-state index contributed by atoms with van der Waals surface area (Å²) in [6, 6.07) is 13.2. The van der Waals surface area contributed by atoms with E-state index in [1.165, 1.54) is 0 Å². The molecule has 34 heavy (non-hydrogen) atoms. The molecule has 0 saturated heterocycles. The number of ether oxygens (including phenoxy) is 1. The molecule has 0 radical (unpaired) electrons. The van der Waals surface area contributed by atoms with Crippen molar-refractivity contribution >= 4 is 29.4 Å². The second kappa shape index (κ2) is 10.9. The van der Waals surface area contributed by atoms with E-state index < -0.39 is 12.0 Å². The van der Waals surface area contributed by atoms with Gasteiger partial charge in [-0.05, 0) is 63.4 Å². The first kappa shape index (κ1) is 24.8. The Morgan fingerprint density at radius 2 is 1.82 bits per heavy atom. The smallest absolute Gasteiger partial charge is 0.338 e. The summed E-state index contributed by atoms with van der Waals surface area (Å²) in [6.45, 7) is 9.70. The van der Waals surface area contributed by atoms with Crippen LogP contribution in [0.5, 0.6) is 0 Å². The average Bonchev–Trinajstić information content (AvgIpc) is 2.77. The van der Waals surface area contributed by atoms with Crippen LogP contribution in [0.1, 0.15) is 51.3 Å². The number of nitrogens with one attached hydrogen (secondary N) is 3. The van der Waals surface area contributed by atoms with E-state index in [0.29, 0.717) is 34.8 Å². The van der Waals surface area contributed by atoms with Gasteiger partial charge >= 0.3 is 18.0 Å². The number of carbonyl (C=O) groups is 3. The number of para-hydroxylation sites is 1. The summed E-state index contributed by atoms with van der Waals surface area (Å²) in [6.07, 6.45) is 0.445. The molecule has 2 aromatic carbocycles. The third kappa shape index (κ3) is 5.75. The van der Waals surface area contributed by atoms with Gasteiger partial charge < -0.3 is 20.7 Å². The zero-order valence-corrected chi connectivity index (χ0v) is 20.3. The number of hydrogen-bond acceptors (Lipinski definition) is 4. The van der Waals surface area contributed by atoms with E-state index in [1.54, 1.807) is 49.9 Å². The van der Waals surface area contributed by atoms with Crippen LogP contribution < -0.4 is 16.0 Å². The molecule has 8 heteroatoms. The van der Waals surface area contributed by atoms with Gasteiger partial charge in [-0.3, -0.25) is 4.90 Å². The minimum Gasteiger partial charge on any atom is -0.459 e. The Hall–Kier alpha value is -3.81. The molecule has 180 valence electrons. The molecule has 1 aliphatic heterocycles. The van der Waals surface area contributed by atoms with Crippen molar-refractivity contribution in [3.8, 4) is 0 Å². The maximum absolute atomic E-state index is 13.0. The zero-order chi connectivity index (χ0) is 24.8. The number of allylic oxidation sites excluding steroid dienone is 1. The van der Waals surface area contributed by atoms with Gasteiger partial charge in [0.1, 0.15) is 0 Å². The lowest BCUT2D eigenvalue weighted by atomic mass is 9.94. The van der Waals surface area contributed by atoms with Crippen LogP contribution in [-0.4, -0.2) is 35.6 Å². The lowest BCUT2D eigenvalue weighted by Gasteiger charge is -2.35. The fourth-order valence-corrected chi connectivity index (χ4v) is 3.86. The molecule has 2 aromatic rings. The molecule has 3 N–H and O–H groups in total. The SMILES string of the molecule is CCCN1C(=O)NC(c2cccc(NC(=O)Nc3ccccc3C)c2)C(C(=O)OC(C)C)=C1C. The molecule has 3 rings (SSSR count). The third-order valence-corrected chi connectivity index (χ3v) is 5.48. The standard InChI is InChI=1S/C26H32N4O4/c1-6-14-30-18(5)22(24(31)34-16(2)3)23(29-26(30)33)19-11-9-12-20(15-19)27-25(32)28-21-13-8-7-10-17(21)4/h7-13,15-16,23H,6,14H2,1-5H3,(H,29,33)(H2,27,28,32). The molecule has 0 aromatic heterocycles. The largest absolute Gasteiger partial charge is 0.459 e. The van der Waals surface area contributed by atoms with E-state index in [2.05, 4.69) is 16.0 Å². The first-order valence-electron chi connectivity index (χ1n) is 11.4. The number of anilines is 2. The van der Waals surface area contributed by atoms with Crippen molar-refractivity contribution in [2.24, 2.45) is 0 Å². The first-order valence-corrected chi connectivity index (χ1v) is 11.4. The fraction of sp³-hybridized carbons (Fsp3) is 0.346. The summed E-state index contributed by atoms with van der Waals surface area (Å²) < 4.78 is 5.49. The van der Waals surface area contributed by atoms with Crippen LogP contribution in [0, 0.1) is 6.92 Å². The molecule has 0 bridgehead atoms. The summed E-state index contributed by atoms with van der Waals surface area (Å²) in [5.74, 6) is -0.478. The quantitative estimate of drug-likeness (QED) is 0.482. The number of carbonyl (C=O) groups excluding carboxylic acids is 3. The van der Waals surface area contributed by atoms with Crippen molar-refractivity contribution in [2.45, 2.75) is 53.2 Å². The van der Waals surface area contributed by atoms with Crippen LogP contribution in [0.3, 0.4) is 0 Å². The Bertz CT molecular complexity index is 1110. The first-order chi connectivity index (χ1) is 16.2. The van der Waals surface area contributed by atoms with Crippen molar-refractivity contribution in [3.63, 3.8) is 0 Å². The highest BCUT2D eigenvalue weighted by atomic mass is 16.5. The molecule has 1 aliphatic rings. The Balaban J connectivity index is 1.89. The maximum atomic E-state index is 13.0. The normalized spacial score (nSPS) is 15.8. The number of esters is 1. The van der Waals surface area contributed by atoms with E-state index in [-0.39, 0.29) is 18.2 Å². The van der Waals surface area contributed by atoms with Crippen LogP contribution in [0.15, 0.2) is 59.8 Å². The van der Waals surface area contributed by atoms with Gasteiger partial charge in [0, 0.05) is 23.6 Å².